The van der Waals surface area contributed by atoms with Gasteiger partial charge in [-0.25, -0.2) is 4.57 Å². The minimum absolute atomic E-state index is 0.174. The number of benzene rings is 1. The third-order valence-corrected chi connectivity index (χ3v) is 6.94. The predicted molar refractivity (Wildman–Crippen MR) is 127 cm³/mol. The summed E-state index contributed by atoms with van der Waals surface area (Å²) in [5, 5.41) is 23.7. The van der Waals surface area contributed by atoms with Gasteiger partial charge in [-0.15, -0.1) is 0 Å². The minimum Gasteiger partial charge on any atom is -0.462 e. The average molecular weight is 523 g/mol. The molecule has 1 aromatic heterocycles. The number of esters is 1. The molecule has 0 aliphatic carbocycles. The number of aliphatic hydroxyl groups excluding tert-OH is 2. The van der Waals surface area contributed by atoms with E-state index in [0.717, 1.165) is 0 Å². The van der Waals surface area contributed by atoms with Crippen LogP contribution in [0.4, 0.5) is 0 Å². The highest BCUT2D eigenvalue weighted by molar-refractivity contribution is 7.52. The lowest BCUT2D eigenvalue weighted by Gasteiger charge is -2.24. The van der Waals surface area contributed by atoms with Gasteiger partial charge in [-0.2, -0.15) is 9.65 Å². The third-order valence-electron chi connectivity index (χ3n) is 5.29. The van der Waals surface area contributed by atoms with Gasteiger partial charge >= 0.3 is 13.7 Å². The molecule has 0 radical (unpaired) electrons. The maximum atomic E-state index is 13.6. The Kier molecular flexibility index (Phi) is 9.35. The van der Waals surface area contributed by atoms with Gasteiger partial charge in [0.2, 0.25) is 0 Å². The number of hydrogen-bond acceptors (Lipinski definition) is 9. The molecule has 6 atom stereocenters. The van der Waals surface area contributed by atoms with Gasteiger partial charge in [0.05, 0.1) is 18.3 Å². The lowest BCUT2D eigenvalue weighted by Crippen LogP contribution is -2.46. The number of ketones is 1. The van der Waals surface area contributed by atoms with Gasteiger partial charge in [0.25, 0.3) is 6.23 Å². The first-order chi connectivity index (χ1) is 17.0. The molecule has 1 unspecified atom stereocenters. The van der Waals surface area contributed by atoms with E-state index in [1.807, 2.05) is 0 Å². The van der Waals surface area contributed by atoms with E-state index in [0.29, 0.717) is 5.56 Å². The number of ether oxygens (including phenoxy) is 2. The quantitative estimate of drug-likeness (QED) is 0.173. The topological polar surface area (TPSA) is 144 Å². The molecule has 2 heterocycles. The molecule has 0 amide bonds. The summed E-state index contributed by atoms with van der Waals surface area (Å²) in [7, 11) is -4.18. The smallest absolute Gasteiger partial charge is 0.459 e. The number of pyridine rings is 1. The van der Waals surface area contributed by atoms with Crippen LogP contribution in [0.5, 0.6) is 5.75 Å². The van der Waals surface area contributed by atoms with Crippen molar-refractivity contribution in [3.05, 3.63) is 60.4 Å². The van der Waals surface area contributed by atoms with Gasteiger partial charge in [0.15, 0.2) is 24.3 Å². The van der Waals surface area contributed by atoms with E-state index in [-0.39, 0.29) is 17.6 Å². The Morgan fingerprint density at radius 3 is 2.44 bits per heavy atom. The van der Waals surface area contributed by atoms with Crippen molar-refractivity contribution in [3.8, 4) is 5.75 Å². The zero-order chi connectivity index (χ0) is 26.5. The van der Waals surface area contributed by atoms with Crippen molar-refractivity contribution in [1.82, 2.24) is 5.09 Å². The Labute approximate surface area is 209 Å². The van der Waals surface area contributed by atoms with Crippen LogP contribution in [0.1, 0.15) is 44.3 Å². The summed E-state index contributed by atoms with van der Waals surface area (Å²) in [6.45, 7) is 5.79. The van der Waals surface area contributed by atoms with Crippen LogP contribution < -0.4 is 14.2 Å². The number of hydrogen-bond donors (Lipinski definition) is 3. The van der Waals surface area contributed by atoms with Crippen LogP contribution >= 0.6 is 7.75 Å². The van der Waals surface area contributed by atoms with Crippen LogP contribution in [0, 0.1) is 0 Å². The second-order valence-corrected chi connectivity index (χ2v) is 10.4. The van der Waals surface area contributed by atoms with Gasteiger partial charge in [-0.3, -0.25) is 14.1 Å². The zero-order valence-corrected chi connectivity index (χ0v) is 21.4. The second-order valence-electron chi connectivity index (χ2n) is 8.68. The normalized spacial score (nSPS) is 24.2. The first-order valence-corrected chi connectivity index (χ1v) is 13.0. The van der Waals surface area contributed by atoms with Crippen LogP contribution in [0.15, 0.2) is 54.9 Å². The van der Waals surface area contributed by atoms with Crippen molar-refractivity contribution in [2.24, 2.45) is 0 Å². The van der Waals surface area contributed by atoms with Gasteiger partial charge in [-0.1, -0.05) is 18.2 Å². The van der Waals surface area contributed by atoms with Crippen molar-refractivity contribution in [3.63, 3.8) is 0 Å². The molecule has 1 aliphatic heterocycles. The molecule has 0 spiro atoms. The highest BCUT2D eigenvalue weighted by Gasteiger charge is 2.49. The molecule has 3 N–H and O–H groups in total. The van der Waals surface area contributed by atoms with Crippen molar-refractivity contribution in [1.29, 1.82) is 0 Å². The van der Waals surface area contributed by atoms with E-state index in [9.17, 15) is 24.4 Å². The Morgan fingerprint density at radius 1 is 1.11 bits per heavy atom. The van der Waals surface area contributed by atoms with Crippen LogP contribution in [0.2, 0.25) is 0 Å². The summed E-state index contributed by atoms with van der Waals surface area (Å²) in [6.07, 6.45) is -2.15. The van der Waals surface area contributed by atoms with Crippen LogP contribution in [0.25, 0.3) is 0 Å². The number of Topliss-reactive ketones (excluding diaryl/α,β-unsaturated/α-hetero) is 1. The van der Waals surface area contributed by atoms with Crippen LogP contribution in [0.3, 0.4) is 0 Å². The fraction of sp³-hybridized carbons (Fsp3) is 0.458. The van der Waals surface area contributed by atoms with Crippen molar-refractivity contribution >= 4 is 19.5 Å². The fourth-order valence-corrected chi connectivity index (χ4v) is 4.98. The SMILES string of the molecule is CC(=O)c1ccc[n+]([C@@H]2O[C@H](COP(=O)(N[C@@H](C)C(=O)OC(C)C)Oc3ccccc3)[C@@H](O)[C@H]2O)c1. The Hall–Kier alpha value is -2.66. The third kappa shape index (κ3) is 7.19. The fourth-order valence-electron chi connectivity index (χ4n) is 3.48. The summed E-state index contributed by atoms with van der Waals surface area (Å²) in [5.74, 6) is -0.604. The van der Waals surface area contributed by atoms with Crippen molar-refractivity contribution in [2.75, 3.05) is 6.61 Å². The van der Waals surface area contributed by atoms with Crippen molar-refractivity contribution in [2.45, 2.75) is 64.4 Å². The van der Waals surface area contributed by atoms with Crippen LogP contribution in [-0.4, -0.2) is 59.0 Å². The maximum absolute atomic E-state index is 13.6. The molecule has 1 fully saturated rings. The van der Waals surface area contributed by atoms with E-state index >= 15 is 0 Å². The molecule has 0 saturated carbocycles. The molecule has 1 saturated heterocycles. The van der Waals surface area contributed by atoms with E-state index in [1.165, 1.54) is 24.6 Å². The summed E-state index contributed by atoms with van der Waals surface area (Å²) in [5.41, 5.74) is 0.398. The second kappa shape index (κ2) is 12.1. The lowest BCUT2D eigenvalue weighted by molar-refractivity contribution is -0.765. The summed E-state index contributed by atoms with van der Waals surface area (Å²) < 4.78 is 37.1. The van der Waals surface area contributed by atoms with E-state index in [1.54, 1.807) is 62.5 Å². The summed E-state index contributed by atoms with van der Waals surface area (Å²) in [6, 6.07) is 10.4. The number of para-hydroxylation sites is 1. The van der Waals surface area contributed by atoms with E-state index in [2.05, 4.69) is 5.09 Å². The monoisotopic (exact) mass is 523 g/mol. The molecule has 3 rings (SSSR count). The molecule has 196 valence electrons. The molecular formula is C24H32N2O9P+. The number of carbonyl (C=O) groups is 2. The minimum atomic E-state index is -4.18. The molecule has 11 nitrogen and oxygen atoms in total. The summed E-state index contributed by atoms with van der Waals surface area (Å²) >= 11 is 0. The van der Waals surface area contributed by atoms with Gasteiger partial charge < -0.3 is 24.2 Å². The van der Waals surface area contributed by atoms with Gasteiger partial charge in [0.1, 0.15) is 24.0 Å². The number of nitrogens with one attached hydrogen (secondary N) is 1. The highest BCUT2D eigenvalue weighted by Crippen LogP contribution is 2.45. The van der Waals surface area contributed by atoms with E-state index < -0.39 is 50.9 Å². The molecular weight excluding hydrogens is 491 g/mol. The number of carbonyl (C=O) groups excluding carboxylic acids is 2. The summed E-state index contributed by atoms with van der Waals surface area (Å²) in [4.78, 5) is 24.0. The number of aliphatic hydroxyl groups is 2. The lowest BCUT2D eigenvalue weighted by atomic mass is 10.1. The number of aromatic nitrogens is 1. The molecule has 36 heavy (non-hydrogen) atoms. The van der Waals surface area contributed by atoms with E-state index in [4.69, 9.17) is 18.5 Å². The standard InChI is InChI=1S/C24H32N2O9P/c1-15(2)33-24(30)16(3)25-36(31,35-19-10-6-5-7-11-19)32-14-20-21(28)22(29)23(34-20)26-12-8-9-18(13-26)17(4)27/h5-13,15-16,20-23,28-29H,14H2,1-4H3,(H,25,31)/q+1/t16-,20+,21+,22+,23+,36?/m0/s1. The highest BCUT2D eigenvalue weighted by atomic mass is 31.2. The predicted octanol–water partition coefficient (Wildman–Crippen LogP) is 1.93. The Morgan fingerprint density at radius 2 is 1.81 bits per heavy atom. The van der Waals surface area contributed by atoms with Crippen molar-refractivity contribution < 1.29 is 47.5 Å². The molecule has 0 bridgehead atoms. The number of nitrogens with zero attached hydrogens (tertiary/aromatic N) is 1. The molecule has 2 aromatic rings. The Bertz CT molecular complexity index is 1100. The zero-order valence-electron chi connectivity index (χ0n) is 20.5. The van der Waals surface area contributed by atoms with Gasteiger partial charge in [-0.05, 0) is 45.9 Å². The molecule has 12 heteroatoms. The molecule has 1 aliphatic rings. The number of rotatable bonds is 11. The average Bonchev–Trinajstić information content (AvgIpc) is 3.11. The largest absolute Gasteiger partial charge is 0.462 e. The first-order valence-electron chi connectivity index (χ1n) is 11.5. The maximum Gasteiger partial charge on any atom is 0.459 e. The Balaban J connectivity index is 1.74. The van der Waals surface area contributed by atoms with Gasteiger partial charge in [0, 0.05) is 6.07 Å². The molecule has 1 aromatic carbocycles. The van der Waals surface area contributed by atoms with Crippen LogP contribution in [-0.2, 0) is 23.4 Å². The first kappa shape index (κ1) is 27.9.